The van der Waals surface area contributed by atoms with E-state index in [0.717, 1.165) is 27.0 Å². The van der Waals surface area contributed by atoms with Gasteiger partial charge in [-0.3, -0.25) is 0 Å². The SMILES string of the molecule is Cc1nc2nc(SCc3ccc(F)cc3Br)nn2c(C)c1C. The third kappa shape index (κ3) is 2.87. The van der Waals surface area contributed by atoms with E-state index in [9.17, 15) is 4.39 Å². The second-order valence-electron chi connectivity index (χ2n) is 5.04. The van der Waals surface area contributed by atoms with Crippen molar-refractivity contribution in [3.63, 3.8) is 0 Å². The first-order valence-corrected chi connectivity index (χ1v) is 8.51. The Morgan fingerprint density at radius 2 is 2.00 bits per heavy atom. The van der Waals surface area contributed by atoms with Gasteiger partial charge in [0.05, 0.1) is 0 Å². The minimum atomic E-state index is -0.253. The molecule has 1 aromatic carbocycles. The second kappa shape index (κ2) is 5.96. The molecule has 0 fully saturated rings. The van der Waals surface area contributed by atoms with Crippen LogP contribution in [-0.2, 0) is 5.75 Å². The largest absolute Gasteiger partial charge is 0.253 e. The lowest BCUT2D eigenvalue weighted by Gasteiger charge is -2.04. The van der Waals surface area contributed by atoms with Crippen LogP contribution < -0.4 is 0 Å². The Kier molecular flexibility index (Phi) is 4.18. The molecule has 0 aliphatic heterocycles. The molecular weight excluding hydrogens is 367 g/mol. The summed E-state index contributed by atoms with van der Waals surface area (Å²) in [7, 11) is 0. The highest BCUT2D eigenvalue weighted by Gasteiger charge is 2.12. The molecule has 7 heteroatoms. The van der Waals surface area contributed by atoms with Crippen LogP contribution in [0.4, 0.5) is 4.39 Å². The van der Waals surface area contributed by atoms with Crippen LogP contribution in [0.3, 0.4) is 0 Å². The zero-order chi connectivity index (χ0) is 15.9. The highest BCUT2D eigenvalue weighted by Crippen LogP contribution is 2.26. The maximum atomic E-state index is 13.1. The summed E-state index contributed by atoms with van der Waals surface area (Å²) >= 11 is 4.88. The molecule has 3 rings (SSSR count). The monoisotopic (exact) mass is 380 g/mol. The van der Waals surface area contributed by atoms with Gasteiger partial charge in [-0.2, -0.15) is 4.98 Å². The molecule has 4 nitrogen and oxygen atoms in total. The minimum Gasteiger partial charge on any atom is -0.216 e. The molecule has 2 heterocycles. The van der Waals surface area contributed by atoms with Crippen molar-refractivity contribution in [1.82, 2.24) is 19.6 Å². The predicted molar refractivity (Wildman–Crippen MR) is 88.7 cm³/mol. The molecule has 0 atom stereocenters. The van der Waals surface area contributed by atoms with Crippen LogP contribution in [0.1, 0.15) is 22.5 Å². The van der Waals surface area contributed by atoms with Crippen molar-refractivity contribution in [2.45, 2.75) is 31.7 Å². The number of benzene rings is 1. The van der Waals surface area contributed by atoms with Gasteiger partial charge < -0.3 is 0 Å². The van der Waals surface area contributed by atoms with Crippen LogP contribution in [0.2, 0.25) is 0 Å². The number of rotatable bonds is 3. The number of aromatic nitrogens is 4. The minimum absolute atomic E-state index is 0.253. The van der Waals surface area contributed by atoms with Crippen LogP contribution in [0.25, 0.3) is 5.78 Å². The lowest BCUT2D eigenvalue weighted by molar-refractivity contribution is 0.626. The summed E-state index contributed by atoms with van der Waals surface area (Å²) in [6.07, 6.45) is 0. The molecular formula is C15H14BrFN4S. The fourth-order valence-corrected chi connectivity index (χ4v) is 3.58. The van der Waals surface area contributed by atoms with E-state index in [1.54, 1.807) is 10.6 Å². The molecule has 2 aromatic heterocycles. The maximum absolute atomic E-state index is 13.1. The molecule has 0 saturated heterocycles. The van der Waals surface area contributed by atoms with Gasteiger partial charge in [-0.1, -0.05) is 33.8 Å². The van der Waals surface area contributed by atoms with Crippen molar-refractivity contribution >= 4 is 33.5 Å². The van der Waals surface area contributed by atoms with E-state index in [4.69, 9.17) is 0 Å². The summed E-state index contributed by atoms with van der Waals surface area (Å²) in [5.74, 6) is 1.02. The molecule has 0 bridgehead atoms. The Hall–Kier alpha value is -1.47. The van der Waals surface area contributed by atoms with Crippen LogP contribution in [0, 0.1) is 26.6 Å². The van der Waals surface area contributed by atoms with Crippen molar-refractivity contribution < 1.29 is 4.39 Å². The average Bonchev–Trinajstić information content (AvgIpc) is 2.87. The topological polar surface area (TPSA) is 43.1 Å². The number of halogens is 2. The molecule has 0 radical (unpaired) electrons. The van der Waals surface area contributed by atoms with Crippen molar-refractivity contribution in [3.05, 3.63) is 51.0 Å². The van der Waals surface area contributed by atoms with Gasteiger partial charge in [-0.25, -0.2) is 13.9 Å². The standard InChI is InChI=1S/C15H14BrFN4S/c1-8-9(2)18-14-19-15(20-21(14)10(8)3)22-7-11-4-5-12(17)6-13(11)16/h4-6H,7H2,1-3H3. The third-order valence-electron chi connectivity index (χ3n) is 3.61. The first-order chi connectivity index (χ1) is 10.5. The fraction of sp³-hybridized carbons (Fsp3) is 0.267. The summed E-state index contributed by atoms with van der Waals surface area (Å²) in [5.41, 5.74) is 4.14. The van der Waals surface area contributed by atoms with E-state index in [0.29, 0.717) is 16.7 Å². The Labute approximate surface area is 140 Å². The van der Waals surface area contributed by atoms with E-state index in [2.05, 4.69) is 31.0 Å². The molecule has 0 spiro atoms. The first kappa shape index (κ1) is 15.4. The van der Waals surface area contributed by atoms with Crippen molar-refractivity contribution in [1.29, 1.82) is 0 Å². The zero-order valence-corrected chi connectivity index (χ0v) is 14.8. The second-order valence-corrected chi connectivity index (χ2v) is 6.84. The number of hydrogen-bond acceptors (Lipinski definition) is 4. The number of hydrogen-bond donors (Lipinski definition) is 0. The van der Waals surface area contributed by atoms with Crippen molar-refractivity contribution in [2.75, 3.05) is 0 Å². The molecule has 22 heavy (non-hydrogen) atoms. The van der Waals surface area contributed by atoms with E-state index >= 15 is 0 Å². The average molecular weight is 381 g/mol. The van der Waals surface area contributed by atoms with Crippen LogP contribution >= 0.6 is 27.7 Å². The molecule has 0 amide bonds. The summed E-state index contributed by atoms with van der Waals surface area (Å²) in [4.78, 5) is 8.91. The number of fused-ring (bicyclic) bond motifs is 1. The number of thioether (sulfide) groups is 1. The zero-order valence-electron chi connectivity index (χ0n) is 12.4. The first-order valence-electron chi connectivity index (χ1n) is 6.73. The van der Waals surface area contributed by atoms with Gasteiger partial charge in [-0.15, -0.1) is 5.10 Å². The number of nitrogens with zero attached hydrogens (tertiary/aromatic N) is 4. The summed E-state index contributed by atoms with van der Waals surface area (Å²) in [5, 5.41) is 5.16. The molecule has 114 valence electrons. The highest BCUT2D eigenvalue weighted by atomic mass is 79.9. The molecule has 0 aliphatic rings. The summed E-state index contributed by atoms with van der Waals surface area (Å²) in [6.45, 7) is 6.01. The van der Waals surface area contributed by atoms with Crippen molar-refractivity contribution in [2.24, 2.45) is 0 Å². The van der Waals surface area contributed by atoms with Crippen LogP contribution in [-0.4, -0.2) is 19.6 Å². The Morgan fingerprint density at radius 3 is 2.73 bits per heavy atom. The normalized spacial score (nSPS) is 11.3. The fourth-order valence-electron chi connectivity index (χ4n) is 2.08. The Balaban J connectivity index is 1.87. The highest BCUT2D eigenvalue weighted by molar-refractivity contribution is 9.10. The Bertz CT molecular complexity index is 862. The van der Waals surface area contributed by atoms with Gasteiger partial charge in [0.15, 0.2) is 0 Å². The van der Waals surface area contributed by atoms with Gasteiger partial charge in [0, 0.05) is 21.6 Å². The predicted octanol–water partition coefficient (Wildman–Crippen LogP) is 4.24. The number of aryl methyl sites for hydroxylation is 2. The van der Waals surface area contributed by atoms with E-state index in [1.165, 1.54) is 23.9 Å². The lowest BCUT2D eigenvalue weighted by atomic mass is 10.2. The molecule has 0 N–H and O–H groups in total. The van der Waals surface area contributed by atoms with Gasteiger partial charge in [0.1, 0.15) is 5.82 Å². The molecule has 0 saturated carbocycles. The van der Waals surface area contributed by atoms with Gasteiger partial charge >= 0.3 is 0 Å². The van der Waals surface area contributed by atoms with E-state index < -0.39 is 0 Å². The van der Waals surface area contributed by atoms with E-state index in [-0.39, 0.29) is 5.82 Å². The van der Waals surface area contributed by atoms with Crippen LogP contribution in [0.15, 0.2) is 27.8 Å². The maximum Gasteiger partial charge on any atom is 0.253 e. The van der Waals surface area contributed by atoms with Crippen LogP contribution in [0.5, 0.6) is 0 Å². The van der Waals surface area contributed by atoms with Gasteiger partial charge in [0.25, 0.3) is 5.78 Å². The molecule has 3 aromatic rings. The van der Waals surface area contributed by atoms with Gasteiger partial charge in [0.2, 0.25) is 5.16 Å². The van der Waals surface area contributed by atoms with Gasteiger partial charge in [-0.05, 0) is 44.0 Å². The molecule has 0 unspecified atom stereocenters. The third-order valence-corrected chi connectivity index (χ3v) is 5.24. The smallest absolute Gasteiger partial charge is 0.216 e. The van der Waals surface area contributed by atoms with E-state index in [1.807, 2.05) is 20.8 Å². The Morgan fingerprint density at radius 1 is 1.23 bits per heavy atom. The summed E-state index contributed by atoms with van der Waals surface area (Å²) < 4.78 is 15.6. The lowest BCUT2D eigenvalue weighted by Crippen LogP contribution is -2.02. The van der Waals surface area contributed by atoms with Crippen molar-refractivity contribution in [3.8, 4) is 0 Å². The quantitative estimate of drug-likeness (QED) is 0.637. The molecule has 0 aliphatic carbocycles. The summed E-state index contributed by atoms with van der Waals surface area (Å²) in [6, 6.07) is 4.68.